The molecule has 1 fully saturated rings. The smallest absolute Gasteiger partial charge is 0.254 e. The third-order valence-corrected chi connectivity index (χ3v) is 6.93. The summed E-state index contributed by atoms with van der Waals surface area (Å²) in [5.74, 6) is -0.0356. The number of piperazine rings is 1. The van der Waals surface area contributed by atoms with Gasteiger partial charge in [0.1, 0.15) is 11.6 Å². The van der Waals surface area contributed by atoms with E-state index in [9.17, 15) is 17.6 Å². The first-order valence-electron chi connectivity index (χ1n) is 10.3. The molecule has 32 heavy (non-hydrogen) atoms. The van der Waals surface area contributed by atoms with Crippen LogP contribution in [-0.4, -0.2) is 45.4 Å². The third-order valence-electron chi connectivity index (χ3n) is 5.53. The maximum atomic E-state index is 14.1. The zero-order valence-corrected chi connectivity index (χ0v) is 18.4. The van der Waals surface area contributed by atoms with Gasteiger partial charge < -0.3 is 14.2 Å². The van der Waals surface area contributed by atoms with Gasteiger partial charge in [-0.1, -0.05) is 18.2 Å². The first-order valence-corrected chi connectivity index (χ1v) is 11.7. The van der Waals surface area contributed by atoms with Gasteiger partial charge in [-0.3, -0.25) is 4.79 Å². The molecule has 2 aromatic carbocycles. The Balaban J connectivity index is 1.46. The molecule has 1 amide bonds. The van der Waals surface area contributed by atoms with E-state index in [0.29, 0.717) is 48.8 Å². The monoisotopic (exact) mass is 457 g/mol. The molecule has 0 spiro atoms. The van der Waals surface area contributed by atoms with Crippen molar-refractivity contribution in [2.24, 2.45) is 0 Å². The number of carbonyl (C=O) groups excluding carboxylic acids is 1. The number of para-hydroxylation sites is 1. The molecule has 1 aliphatic rings. The summed E-state index contributed by atoms with van der Waals surface area (Å²) in [5, 5.41) is 0. The van der Waals surface area contributed by atoms with Crippen molar-refractivity contribution in [1.29, 1.82) is 0 Å². The van der Waals surface area contributed by atoms with E-state index in [1.807, 2.05) is 4.90 Å². The van der Waals surface area contributed by atoms with Gasteiger partial charge in [-0.15, -0.1) is 0 Å². The van der Waals surface area contributed by atoms with Crippen molar-refractivity contribution < 1.29 is 22.0 Å². The minimum absolute atomic E-state index is 0.0167. The van der Waals surface area contributed by atoms with Gasteiger partial charge in [0, 0.05) is 31.7 Å². The van der Waals surface area contributed by atoms with Gasteiger partial charge in [0.2, 0.25) is 10.0 Å². The summed E-state index contributed by atoms with van der Waals surface area (Å²) in [5.41, 5.74) is 1.55. The van der Waals surface area contributed by atoms with Crippen molar-refractivity contribution in [3.05, 3.63) is 83.6 Å². The maximum absolute atomic E-state index is 14.1. The number of anilines is 1. The number of benzene rings is 2. The Morgan fingerprint density at radius 2 is 1.81 bits per heavy atom. The molecular weight excluding hydrogens is 433 g/mol. The lowest BCUT2D eigenvalue weighted by atomic mass is 10.1. The topological polar surface area (TPSA) is 82.9 Å². The number of amides is 1. The molecule has 2 heterocycles. The molecule has 3 aromatic rings. The highest BCUT2D eigenvalue weighted by molar-refractivity contribution is 7.89. The van der Waals surface area contributed by atoms with Crippen molar-refractivity contribution in [3.63, 3.8) is 0 Å². The van der Waals surface area contributed by atoms with Gasteiger partial charge in [-0.2, -0.15) is 0 Å². The highest BCUT2D eigenvalue weighted by Crippen LogP contribution is 2.22. The second-order valence-electron chi connectivity index (χ2n) is 7.61. The van der Waals surface area contributed by atoms with E-state index < -0.39 is 10.0 Å². The second-order valence-corrected chi connectivity index (χ2v) is 9.38. The average molecular weight is 458 g/mol. The molecule has 9 heteroatoms. The van der Waals surface area contributed by atoms with E-state index in [2.05, 4.69) is 4.72 Å². The fourth-order valence-electron chi connectivity index (χ4n) is 3.69. The van der Waals surface area contributed by atoms with Crippen LogP contribution in [0.5, 0.6) is 0 Å². The average Bonchev–Trinajstić information content (AvgIpc) is 3.32. The highest BCUT2D eigenvalue weighted by Gasteiger charge is 2.26. The summed E-state index contributed by atoms with van der Waals surface area (Å²) in [7, 11) is -3.82. The number of hydrogen-bond donors (Lipinski definition) is 1. The van der Waals surface area contributed by atoms with Crippen LogP contribution in [0.25, 0.3) is 0 Å². The van der Waals surface area contributed by atoms with Gasteiger partial charge in [0.15, 0.2) is 0 Å². The second kappa shape index (κ2) is 9.13. The molecular formula is C23H24FN3O4S. The summed E-state index contributed by atoms with van der Waals surface area (Å²) in [6.07, 6.45) is 1.47. The number of nitrogens with zero attached hydrogens (tertiary/aromatic N) is 2. The molecule has 168 valence electrons. The number of halogens is 1. The Kier molecular flexibility index (Phi) is 6.29. The van der Waals surface area contributed by atoms with Crippen LogP contribution in [0.1, 0.15) is 21.7 Å². The van der Waals surface area contributed by atoms with E-state index >= 15 is 0 Å². The molecule has 1 aliphatic heterocycles. The fourth-order valence-corrected chi connectivity index (χ4v) is 4.71. The number of rotatable bonds is 6. The predicted octanol–water partition coefficient (Wildman–Crippen LogP) is 3.17. The maximum Gasteiger partial charge on any atom is 0.254 e. The van der Waals surface area contributed by atoms with Crippen LogP contribution in [0.2, 0.25) is 0 Å². The van der Waals surface area contributed by atoms with Crippen molar-refractivity contribution in [3.8, 4) is 0 Å². The lowest BCUT2D eigenvalue weighted by molar-refractivity contribution is 0.0745. The summed E-state index contributed by atoms with van der Waals surface area (Å²) >= 11 is 0. The zero-order valence-electron chi connectivity index (χ0n) is 17.6. The van der Waals surface area contributed by atoms with E-state index in [1.165, 1.54) is 24.5 Å². The predicted molar refractivity (Wildman–Crippen MR) is 118 cm³/mol. The molecule has 0 saturated carbocycles. The standard InChI is InChI=1S/C23H24FN3O4S/c1-17-8-9-19(32(29,30)25-16-18-5-4-14-31-18)15-20(17)23(28)27-12-10-26(11-13-27)22-7-3-2-6-21(22)24/h2-9,14-15,25H,10-13,16H2,1H3. The van der Waals surface area contributed by atoms with E-state index in [4.69, 9.17) is 4.42 Å². The molecule has 1 saturated heterocycles. The van der Waals surface area contributed by atoms with Crippen LogP contribution in [0, 0.1) is 12.7 Å². The van der Waals surface area contributed by atoms with Gasteiger partial charge in [-0.25, -0.2) is 17.5 Å². The van der Waals surface area contributed by atoms with Gasteiger partial charge in [0.25, 0.3) is 5.91 Å². The van der Waals surface area contributed by atoms with E-state index in [-0.39, 0.29) is 23.2 Å². The molecule has 1 aromatic heterocycles. The lowest BCUT2D eigenvalue weighted by Gasteiger charge is -2.36. The van der Waals surface area contributed by atoms with Crippen LogP contribution in [0.4, 0.5) is 10.1 Å². The van der Waals surface area contributed by atoms with Crippen LogP contribution in [-0.2, 0) is 16.6 Å². The quantitative estimate of drug-likeness (QED) is 0.615. The zero-order chi connectivity index (χ0) is 22.7. The number of sulfonamides is 1. The Hall–Kier alpha value is -3.17. The van der Waals surface area contributed by atoms with Crippen LogP contribution in [0.3, 0.4) is 0 Å². The molecule has 0 aliphatic carbocycles. The molecule has 4 rings (SSSR count). The summed E-state index contributed by atoms with van der Waals surface area (Å²) in [4.78, 5) is 16.8. The Labute approximate surface area is 186 Å². The van der Waals surface area contributed by atoms with E-state index in [0.717, 1.165) is 0 Å². The normalized spacial score (nSPS) is 14.6. The molecule has 1 N–H and O–H groups in total. The number of carbonyl (C=O) groups is 1. The molecule has 7 nitrogen and oxygen atoms in total. The van der Waals surface area contributed by atoms with Gasteiger partial charge in [-0.05, 0) is 48.9 Å². The van der Waals surface area contributed by atoms with Crippen molar-refractivity contribution in [1.82, 2.24) is 9.62 Å². The van der Waals surface area contributed by atoms with E-state index in [1.54, 1.807) is 48.2 Å². The molecule has 0 unspecified atom stereocenters. The van der Waals surface area contributed by atoms with Gasteiger partial charge in [0.05, 0.1) is 23.4 Å². The lowest BCUT2D eigenvalue weighted by Crippen LogP contribution is -2.49. The number of nitrogens with one attached hydrogen (secondary N) is 1. The minimum Gasteiger partial charge on any atom is -0.468 e. The summed E-state index contributed by atoms with van der Waals surface area (Å²) in [6, 6.07) is 14.4. The minimum atomic E-state index is -3.82. The number of hydrogen-bond acceptors (Lipinski definition) is 5. The summed E-state index contributed by atoms with van der Waals surface area (Å²) in [6.45, 7) is 3.61. The molecule has 0 bridgehead atoms. The number of aryl methyl sites for hydroxylation is 1. The van der Waals surface area contributed by atoms with Crippen LogP contribution in [0.15, 0.2) is 70.2 Å². The van der Waals surface area contributed by atoms with Crippen molar-refractivity contribution in [2.75, 3.05) is 31.1 Å². The molecule has 0 atom stereocenters. The largest absolute Gasteiger partial charge is 0.468 e. The first kappa shape index (κ1) is 22.0. The van der Waals surface area contributed by atoms with Crippen LogP contribution >= 0.6 is 0 Å². The van der Waals surface area contributed by atoms with Crippen molar-refractivity contribution >= 4 is 21.6 Å². The fraction of sp³-hybridized carbons (Fsp3) is 0.261. The van der Waals surface area contributed by atoms with Crippen LogP contribution < -0.4 is 9.62 Å². The Morgan fingerprint density at radius 3 is 2.50 bits per heavy atom. The number of furan rings is 1. The summed E-state index contributed by atoms with van der Waals surface area (Å²) < 4.78 is 47.1. The first-order chi connectivity index (χ1) is 15.3. The Morgan fingerprint density at radius 1 is 1.06 bits per heavy atom. The van der Waals surface area contributed by atoms with Gasteiger partial charge >= 0.3 is 0 Å². The SMILES string of the molecule is Cc1ccc(S(=O)(=O)NCc2ccco2)cc1C(=O)N1CCN(c2ccccc2F)CC1. The Bertz CT molecular complexity index is 1200. The highest BCUT2D eigenvalue weighted by atomic mass is 32.2. The third kappa shape index (κ3) is 4.68. The van der Waals surface area contributed by atoms with Crippen molar-refractivity contribution in [2.45, 2.75) is 18.4 Å². The molecule has 0 radical (unpaired) electrons.